The highest BCUT2D eigenvalue weighted by molar-refractivity contribution is 5.79. The Labute approximate surface area is 136 Å². The van der Waals surface area contributed by atoms with E-state index in [1.54, 1.807) is 0 Å². The van der Waals surface area contributed by atoms with E-state index >= 15 is 0 Å². The predicted molar refractivity (Wildman–Crippen MR) is 90.4 cm³/mol. The minimum absolute atomic E-state index is 0.232. The molecule has 3 rings (SSSR count). The van der Waals surface area contributed by atoms with Crippen molar-refractivity contribution in [3.05, 3.63) is 0 Å². The number of hydrogen-bond acceptors (Lipinski definition) is 2. The van der Waals surface area contributed by atoms with E-state index in [1.807, 2.05) is 0 Å². The summed E-state index contributed by atoms with van der Waals surface area (Å²) in [6, 6.07) is 0. The van der Waals surface area contributed by atoms with Crippen LogP contribution in [0.3, 0.4) is 0 Å². The minimum atomic E-state index is 0.232. The molecule has 22 heavy (non-hydrogen) atoms. The van der Waals surface area contributed by atoms with Crippen LogP contribution in [0.4, 0.5) is 0 Å². The van der Waals surface area contributed by atoms with Gasteiger partial charge in [0.05, 0.1) is 6.17 Å². The average molecular weight is 306 g/mol. The summed E-state index contributed by atoms with van der Waals surface area (Å²) in [5, 5.41) is 6.84. The lowest BCUT2D eigenvalue weighted by Crippen LogP contribution is -2.52. The summed E-state index contributed by atoms with van der Waals surface area (Å²) in [5.41, 5.74) is 0. The van der Waals surface area contributed by atoms with Crippen molar-refractivity contribution in [2.45, 2.75) is 89.6 Å². The molecule has 1 amide bonds. The highest BCUT2D eigenvalue weighted by atomic mass is 16.2. The molecule has 3 nitrogen and oxygen atoms in total. The predicted octanol–water partition coefficient (Wildman–Crippen LogP) is 3.98. The van der Waals surface area contributed by atoms with Crippen LogP contribution in [0.15, 0.2) is 0 Å². The van der Waals surface area contributed by atoms with Gasteiger partial charge in [0.1, 0.15) is 0 Å². The summed E-state index contributed by atoms with van der Waals surface area (Å²) in [5.74, 6) is 1.98. The molecule has 0 aromatic heterocycles. The van der Waals surface area contributed by atoms with Gasteiger partial charge in [0.15, 0.2) is 0 Å². The van der Waals surface area contributed by atoms with E-state index in [0.717, 1.165) is 13.0 Å². The normalized spacial score (nSPS) is 28.7. The monoisotopic (exact) mass is 306 g/mol. The Kier molecular flexibility index (Phi) is 6.17. The first-order valence-corrected chi connectivity index (χ1v) is 9.88. The van der Waals surface area contributed by atoms with Crippen LogP contribution in [-0.4, -0.2) is 18.6 Å². The third-order valence-corrected chi connectivity index (χ3v) is 6.24. The van der Waals surface area contributed by atoms with Crippen molar-refractivity contribution < 1.29 is 4.79 Å². The fourth-order valence-corrected chi connectivity index (χ4v) is 5.04. The maximum atomic E-state index is 13.1. The molecule has 0 bridgehead atoms. The third-order valence-electron chi connectivity index (χ3n) is 6.24. The van der Waals surface area contributed by atoms with Crippen LogP contribution in [0, 0.1) is 17.8 Å². The van der Waals surface area contributed by atoms with E-state index in [9.17, 15) is 4.79 Å². The van der Waals surface area contributed by atoms with Crippen LogP contribution in [-0.2, 0) is 4.79 Å². The smallest absolute Gasteiger partial charge is 0.224 e. The fraction of sp³-hybridized carbons (Fsp3) is 0.947. The number of hydrogen-bond donors (Lipinski definition) is 2. The van der Waals surface area contributed by atoms with Crippen molar-refractivity contribution in [2.24, 2.45) is 17.8 Å². The lowest BCUT2D eigenvalue weighted by Gasteiger charge is -2.38. The molecule has 1 heterocycles. The van der Waals surface area contributed by atoms with Gasteiger partial charge in [-0.15, -0.1) is 0 Å². The molecule has 1 unspecified atom stereocenters. The lowest BCUT2D eigenvalue weighted by atomic mass is 9.69. The van der Waals surface area contributed by atoms with Gasteiger partial charge < -0.3 is 5.32 Å². The largest absolute Gasteiger partial charge is 0.341 e. The molecule has 3 heteroatoms. The summed E-state index contributed by atoms with van der Waals surface area (Å²) >= 11 is 0. The van der Waals surface area contributed by atoms with Crippen molar-refractivity contribution in [1.82, 2.24) is 10.6 Å². The quantitative estimate of drug-likeness (QED) is 0.825. The molecule has 0 aromatic rings. The zero-order valence-corrected chi connectivity index (χ0v) is 14.1. The van der Waals surface area contributed by atoms with E-state index in [1.165, 1.54) is 77.0 Å². The Hall–Kier alpha value is -0.570. The van der Waals surface area contributed by atoms with E-state index < -0.39 is 0 Å². The molecule has 1 saturated heterocycles. The topological polar surface area (TPSA) is 41.1 Å². The average Bonchev–Trinajstić information content (AvgIpc) is 2.58. The molecule has 0 spiro atoms. The van der Waals surface area contributed by atoms with Crippen LogP contribution in [0.2, 0.25) is 0 Å². The molecular formula is C19H34N2O. The van der Waals surface area contributed by atoms with Gasteiger partial charge in [-0.1, -0.05) is 38.5 Å². The molecule has 2 saturated carbocycles. The van der Waals surface area contributed by atoms with Crippen LogP contribution in [0.5, 0.6) is 0 Å². The number of amides is 1. The summed E-state index contributed by atoms with van der Waals surface area (Å²) in [4.78, 5) is 13.1. The van der Waals surface area contributed by atoms with Crippen LogP contribution >= 0.6 is 0 Å². The van der Waals surface area contributed by atoms with Crippen LogP contribution in [0.1, 0.15) is 83.5 Å². The molecule has 3 aliphatic rings. The van der Waals surface area contributed by atoms with E-state index in [-0.39, 0.29) is 6.17 Å². The van der Waals surface area contributed by atoms with Crippen molar-refractivity contribution in [1.29, 1.82) is 0 Å². The van der Waals surface area contributed by atoms with Gasteiger partial charge in [-0.25, -0.2) is 0 Å². The summed E-state index contributed by atoms with van der Waals surface area (Å²) in [6.45, 7) is 1.06. The molecule has 0 aromatic carbocycles. The Bertz CT molecular complexity index is 321. The first kappa shape index (κ1) is 16.3. The maximum Gasteiger partial charge on any atom is 0.224 e. The molecule has 2 aliphatic carbocycles. The standard InChI is InChI=1S/C19H34N2O/c22-19(21-17-13-7-8-14-20-17)18(15-9-3-1-4-10-15)16-11-5-2-6-12-16/h15-18,20H,1-14H2,(H,21,22). The minimum Gasteiger partial charge on any atom is -0.341 e. The van der Waals surface area contributed by atoms with E-state index in [4.69, 9.17) is 0 Å². The zero-order valence-electron chi connectivity index (χ0n) is 14.1. The van der Waals surface area contributed by atoms with Gasteiger partial charge in [0, 0.05) is 5.92 Å². The highest BCUT2D eigenvalue weighted by Gasteiger charge is 2.37. The van der Waals surface area contributed by atoms with Crippen molar-refractivity contribution in [3.8, 4) is 0 Å². The third kappa shape index (κ3) is 4.24. The first-order chi connectivity index (χ1) is 10.8. The molecule has 1 atom stereocenters. The Morgan fingerprint density at radius 3 is 1.82 bits per heavy atom. The van der Waals surface area contributed by atoms with Gasteiger partial charge in [-0.2, -0.15) is 0 Å². The Morgan fingerprint density at radius 1 is 0.773 bits per heavy atom. The van der Waals surface area contributed by atoms with Gasteiger partial charge >= 0.3 is 0 Å². The highest BCUT2D eigenvalue weighted by Crippen LogP contribution is 2.40. The summed E-state index contributed by atoms with van der Waals surface area (Å²) < 4.78 is 0. The molecule has 1 aliphatic heterocycles. The summed E-state index contributed by atoms with van der Waals surface area (Å²) in [7, 11) is 0. The van der Waals surface area contributed by atoms with Crippen molar-refractivity contribution in [2.75, 3.05) is 6.54 Å². The second kappa shape index (κ2) is 8.33. The molecule has 3 fully saturated rings. The van der Waals surface area contributed by atoms with Crippen LogP contribution < -0.4 is 10.6 Å². The molecule has 126 valence electrons. The molecular weight excluding hydrogens is 272 g/mol. The van der Waals surface area contributed by atoms with Crippen molar-refractivity contribution >= 4 is 5.91 Å². The maximum absolute atomic E-state index is 13.1. The van der Waals surface area contributed by atoms with E-state index in [2.05, 4.69) is 10.6 Å². The van der Waals surface area contributed by atoms with Gasteiger partial charge in [0.25, 0.3) is 0 Å². The van der Waals surface area contributed by atoms with Crippen molar-refractivity contribution in [3.63, 3.8) is 0 Å². The molecule has 0 radical (unpaired) electrons. The molecule has 2 N–H and O–H groups in total. The number of rotatable bonds is 4. The number of nitrogens with one attached hydrogen (secondary N) is 2. The number of carbonyl (C=O) groups excluding carboxylic acids is 1. The zero-order chi connectivity index (χ0) is 15.2. The van der Waals surface area contributed by atoms with E-state index in [0.29, 0.717) is 23.7 Å². The second-order valence-electron chi connectivity index (χ2n) is 7.83. The second-order valence-corrected chi connectivity index (χ2v) is 7.83. The van der Waals surface area contributed by atoms with Gasteiger partial charge in [0.2, 0.25) is 5.91 Å². The Balaban J connectivity index is 1.64. The number of carbonyl (C=O) groups is 1. The number of piperidine rings is 1. The van der Waals surface area contributed by atoms with Crippen LogP contribution in [0.25, 0.3) is 0 Å². The lowest BCUT2D eigenvalue weighted by molar-refractivity contribution is -0.131. The van der Waals surface area contributed by atoms with Gasteiger partial charge in [-0.3, -0.25) is 10.1 Å². The SMILES string of the molecule is O=C(NC1CCCCN1)C(C1CCCCC1)C1CCCCC1. The summed E-state index contributed by atoms with van der Waals surface area (Å²) in [6.07, 6.45) is 17.1. The first-order valence-electron chi connectivity index (χ1n) is 9.88. The fourth-order valence-electron chi connectivity index (χ4n) is 5.04. The Morgan fingerprint density at radius 2 is 1.32 bits per heavy atom. The van der Waals surface area contributed by atoms with Gasteiger partial charge in [-0.05, 0) is 63.3 Å².